The van der Waals surface area contributed by atoms with Gasteiger partial charge in [0.05, 0.1) is 16.4 Å². The van der Waals surface area contributed by atoms with Gasteiger partial charge in [-0.3, -0.25) is 0 Å². The second-order valence-electron chi connectivity index (χ2n) is 21.0. The number of hydrogen-bond donors (Lipinski definition) is 0. The van der Waals surface area contributed by atoms with Gasteiger partial charge in [-0.2, -0.15) is 0 Å². The summed E-state index contributed by atoms with van der Waals surface area (Å²) in [5.41, 5.74) is 21.3. The quantitative estimate of drug-likeness (QED) is 0.122. The van der Waals surface area contributed by atoms with Crippen molar-refractivity contribution in [2.75, 3.05) is 0 Å². The van der Waals surface area contributed by atoms with Gasteiger partial charge in [-0.15, -0.1) is 0 Å². The fourth-order valence-corrected chi connectivity index (χ4v) is 14.3. The molecule has 0 aliphatic heterocycles. The summed E-state index contributed by atoms with van der Waals surface area (Å²) in [6.45, 7) is 0. The van der Waals surface area contributed by atoms with Crippen LogP contribution in [0.15, 0.2) is 273 Å². The lowest BCUT2D eigenvalue weighted by molar-refractivity contribution is 0.803. The fraction of sp³-hybridized carbons (Fsp3) is 0.0133. The summed E-state index contributed by atoms with van der Waals surface area (Å²) in [6, 6.07) is 103. The number of aromatic nitrogens is 1. The van der Waals surface area contributed by atoms with E-state index in [2.05, 4.69) is 278 Å². The second kappa shape index (κ2) is 15.6. The molecule has 2 aliphatic carbocycles. The molecule has 17 rings (SSSR count). The van der Waals surface area contributed by atoms with Gasteiger partial charge in [0.1, 0.15) is 0 Å². The molecule has 0 amide bonds. The number of nitrogens with zero attached hydrogens (tertiary/aromatic N) is 1. The molecule has 14 aromatic carbocycles. The van der Waals surface area contributed by atoms with E-state index in [4.69, 9.17) is 0 Å². The molecular weight excluding hydrogens is 915 g/mol. The minimum atomic E-state index is -0.482. The van der Waals surface area contributed by atoms with E-state index in [-0.39, 0.29) is 0 Å². The zero-order valence-electron chi connectivity index (χ0n) is 41.4. The molecule has 15 aromatic rings. The van der Waals surface area contributed by atoms with Crippen molar-refractivity contribution >= 4 is 75.7 Å². The van der Waals surface area contributed by atoms with Crippen molar-refractivity contribution < 1.29 is 0 Å². The summed E-state index contributed by atoms with van der Waals surface area (Å²) in [5, 5.41) is 15.3. The third-order valence-corrected chi connectivity index (χ3v) is 17.3. The van der Waals surface area contributed by atoms with Crippen LogP contribution in [0, 0.1) is 0 Å². The first-order chi connectivity index (χ1) is 37.7. The van der Waals surface area contributed by atoms with Crippen LogP contribution < -0.4 is 0 Å². The van der Waals surface area contributed by atoms with Gasteiger partial charge < -0.3 is 4.57 Å². The maximum atomic E-state index is 2.55. The van der Waals surface area contributed by atoms with Gasteiger partial charge >= 0.3 is 0 Å². The molecule has 1 heteroatoms. The topological polar surface area (TPSA) is 4.93 Å². The lowest BCUT2D eigenvalue weighted by atomic mass is 9.69. The molecule has 0 saturated heterocycles. The van der Waals surface area contributed by atoms with E-state index in [1.54, 1.807) is 0 Å². The molecule has 0 atom stereocenters. The summed E-state index contributed by atoms with van der Waals surface area (Å²) in [7, 11) is 0. The van der Waals surface area contributed by atoms with E-state index < -0.39 is 5.41 Å². The molecule has 2 aliphatic rings. The fourth-order valence-electron chi connectivity index (χ4n) is 14.3. The largest absolute Gasteiger partial charge is 0.309 e. The highest BCUT2D eigenvalue weighted by molar-refractivity contribution is 6.23. The molecule has 1 spiro atoms. The van der Waals surface area contributed by atoms with Crippen LogP contribution in [0.25, 0.3) is 137 Å². The maximum Gasteiger partial charge on any atom is 0.0731 e. The van der Waals surface area contributed by atoms with E-state index in [0.29, 0.717) is 0 Å². The Kier molecular flexibility index (Phi) is 8.55. The van der Waals surface area contributed by atoms with Crippen molar-refractivity contribution in [1.29, 1.82) is 0 Å². The minimum absolute atomic E-state index is 0.482. The van der Waals surface area contributed by atoms with Gasteiger partial charge in [-0.25, -0.2) is 0 Å². The van der Waals surface area contributed by atoms with E-state index in [9.17, 15) is 0 Å². The Labute approximate surface area is 439 Å². The average Bonchev–Trinajstić information content (AvgIpc) is 4.29. The molecule has 0 fully saturated rings. The summed E-state index contributed by atoms with van der Waals surface area (Å²) in [5.74, 6) is 0. The van der Waals surface area contributed by atoms with Crippen molar-refractivity contribution in [3.8, 4) is 61.3 Å². The monoisotopic (exact) mass is 959 g/mol. The van der Waals surface area contributed by atoms with Crippen molar-refractivity contribution in [3.05, 3.63) is 295 Å². The molecule has 350 valence electrons. The van der Waals surface area contributed by atoms with Crippen LogP contribution in [0.5, 0.6) is 0 Å². The van der Waals surface area contributed by atoms with Crippen LogP contribution in [0.4, 0.5) is 0 Å². The number of para-hydroxylation sites is 2. The maximum absolute atomic E-state index is 2.55. The van der Waals surface area contributed by atoms with Crippen molar-refractivity contribution in [2.45, 2.75) is 5.41 Å². The average molecular weight is 960 g/mol. The summed E-state index contributed by atoms with van der Waals surface area (Å²) in [6.07, 6.45) is 0. The Morgan fingerprint density at radius 3 is 1.37 bits per heavy atom. The first kappa shape index (κ1) is 41.6. The highest BCUT2D eigenvalue weighted by atomic mass is 15.0. The predicted octanol–water partition coefficient (Wildman–Crippen LogP) is 19.9. The number of hydrogen-bond acceptors (Lipinski definition) is 0. The molecule has 1 aromatic heterocycles. The van der Waals surface area contributed by atoms with E-state index in [1.807, 2.05) is 0 Å². The molecule has 0 radical (unpaired) electrons. The molecule has 76 heavy (non-hydrogen) atoms. The third-order valence-electron chi connectivity index (χ3n) is 17.3. The SMILES string of the molecule is c1ccc(-n2c3ccccc3c3cc(-c4c5ccccc5c(-c5ccc(-c6ccc7cc8c(cc7c6)C6(c7ccccc7-c7ccccc76)c6c-8c7ccccc7c7ccccc67)cc5)c5ccccc45)ccc32)cc1. The predicted molar refractivity (Wildman–Crippen MR) is 321 cm³/mol. The zero-order valence-corrected chi connectivity index (χ0v) is 41.4. The standard InChI is InChI=1S/C75H45N/c1-2-18-52(19-3-1)76-69-33-17-14-24-57(69)64-44-50(40-41-70(64)76)72-61-28-9-7-26-59(61)71(60-27-8-10-29-62(60)72)47-36-34-46(35-37-47)48-38-39-49-43-65-68(45-51(49)42-48)75(66-31-15-12-22-55(66)56-23-13-16-32-67(56)75)74-63-30-11-5-21-54(63)53-20-4-6-25-58(53)73(65)74/h1-45H. The Morgan fingerprint density at radius 1 is 0.237 bits per heavy atom. The second-order valence-corrected chi connectivity index (χ2v) is 21.0. The van der Waals surface area contributed by atoms with E-state index in [1.165, 1.54) is 159 Å². The van der Waals surface area contributed by atoms with Crippen LogP contribution in [0.1, 0.15) is 22.3 Å². The van der Waals surface area contributed by atoms with Crippen molar-refractivity contribution in [2.24, 2.45) is 0 Å². The molecule has 1 heterocycles. The Morgan fingerprint density at radius 2 is 0.711 bits per heavy atom. The van der Waals surface area contributed by atoms with Crippen LogP contribution >= 0.6 is 0 Å². The molecular formula is C75H45N. The molecule has 0 bridgehead atoms. The summed E-state index contributed by atoms with van der Waals surface area (Å²) < 4.78 is 2.40. The van der Waals surface area contributed by atoms with E-state index >= 15 is 0 Å². The van der Waals surface area contributed by atoms with Crippen molar-refractivity contribution in [3.63, 3.8) is 0 Å². The van der Waals surface area contributed by atoms with Crippen LogP contribution in [0.2, 0.25) is 0 Å². The van der Waals surface area contributed by atoms with Crippen LogP contribution in [0.3, 0.4) is 0 Å². The molecule has 0 N–H and O–H groups in total. The van der Waals surface area contributed by atoms with E-state index in [0.717, 1.165) is 0 Å². The number of rotatable bonds is 4. The normalized spacial score (nSPS) is 13.1. The smallest absolute Gasteiger partial charge is 0.0731 e. The summed E-state index contributed by atoms with van der Waals surface area (Å²) >= 11 is 0. The van der Waals surface area contributed by atoms with Crippen molar-refractivity contribution in [1.82, 2.24) is 4.57 Å². The lowest BCUT2D eigenvalue weighted by Gasteiger charge is -2.32. The zero-order chi connectivity index (χ0) is 49.6. The van der Waals surface area contributed by atoms with Gasteiger partial charge in [0.25, 0.3) is 0 Å². The first-order valence-electron chi connectivity index (χ1n) is 26.6. The van der Waals surface area contributed by atoms with Crippen LogP contribution in [-0.2, 0) is 5.41 Å². The molecule has 0 unspecified atom stereocenters. The highest BCUT2D eigenvalue weighted by Gasteiger charge is 2.53. The van der Waals surface area contributed by atoms with Gasteiger partial charge in [0, 0.05) is 16.5 Å². The Balaban J connectivity index is 0.821. The third kappa shape index (κ3) is 5.53. The minimum Gasteiger partial charge on any atom is -0.309 e. The van der Waals surface area contributed by atoms with Crippen LogP contribution in [-0.4, -0.2) is 4.57 Å². The molecule has 1 nitrogen and oxygen atoms in total. The number of benzene rings is 14. The molecule has 0 saturated carbocycles. The number of fused-ring (bicyclic) bond motifs is 21. The Hall–Kier alpha value is -9.82. The highest BCUT2D eigenvalue weighted by Crippen LogP contribution is 2.66. The Bertz CT molecular complexity index is 4870. The lowest BCUT2D eigenvalue weighted by Crippen LogP contribution is -2.26. The first-order valence-corrected chi connectivity index (χ1v) is 26.6. The van der Waals surface area contributed by atoms with Gasteiger partial charge in [-0.1, -0.05) is 224 Å². The van der Waals surface area contributed by atoms with Gasteiger partial charge in [-0.05, 0) is 180 Å². The summed E-state index contributed by atoms with van der Waals surface area (Å²) in [4.78, 5) is 0. The van der Waals surface area contributed by atoms with Gasteiger partial charge in [0.2, 0.25) is 0 Å². The van der Waals surface area contributed by atoms with Gasteiger partial charge in [0.15, 0.2) is 0 Å².